The fraction of sp³-hybridized carbons (Fsp3) is 0.500. The summed E-state index contributed by atoms with van der Waals surface area (Å²) < 4.78 is 0. The molecule has 2 aromatic rings. The van der Waals surface area contributed by atoms with Gasteiger partial charge in [0.15, 0.2) is 0 Å². The zero-order valence-electron chi connectivity index (χ0n) is 17.3. The highest BCUT2D eigenvalue weighted by Gasteiger charge is 2.26. The van der Waals surface area contributed by atoms with Crippen LogP contribution in [0.5, 0.6) is 0 Å². The van der Waals surface area contributed by atoms with Crippen molar-refractivity contribution in [2.45, 2.75) is 44.9 Å². The van der Waals surface area contributed by atoms with Gasteiger partial charge >= 0.3 is 0 Å². The second kappa shape index (κ2) is 9.08. The minimum atomic E-state index is -0.0794. The van der Waals surface area contributed by atoms with E-state index < -0.39 is 0 Å². The Morgan fingerprint density at radius 3 is 2.67 bits per heavy atom. The van der Waals surface area contributed by atoms with Gasteiger partial charge in [-0.3, -0.25) is 4.79 Å². The largest absolute Gasteiger partial charge is 0.342 e. The Hall–Kier alpha value is -3.21. The summed E-state index contributed by atoms with van der Waals surface area (Å²) in [5, 5.41) is 12.1. The van der Waals surface area contributed by atoms with Gasteiger partial charge in [-0.25, -0.2) is 9.97 Å². The monoisotopic (exact) mass is 407 g/mol. The topological polar surface area (TPSA) is 98.0 Å². The predicted octanol–water partition coefficient (Wildman–Crippen LogP) is 3.39. The van der Waals surface area contributed by atoms with Crippen molar-refractivity contribution in [3.05, 3.63) is 35.7 Å². The molecule has 2 aliphatic rings. The van der Waals surface area contributed by atoms with Gasteiger partial charge in [0.1, 0.15) is 18.1 Å². The highest BCUT2D eigenvalue weighted by atomic mass is 16.2. The average molecular weight is 408 g/mol. The minimum absolute atomic E-state index is 0. The maximum absolute atomic E-state index is 12.0. The van der Waals surface area contributed by atoms with Gasteiger partial charge in [0.2, 0.25) is 11.9 Å². The van der Waals surface area contributed by atoms with Gasteiger partial charge in [-0.05, 0) is 50.3 Å². The number of carbonyl (C=O) groups excluding carboxylic acids is 1. The van der Waals surface area contributed by atoms with Gasteiger partial charge in [-0.2, -0.15) is 10.2 Å². The molecule has 4 rings (SSSR count). The molecule has 2 saturated heterocycles. The number of pyridine rings is 1. The lowest BCUT2D eigenvalue weighted by Crippen LogP contribution is -2.37. The summed E-state index contributed by atoms with van der Waals surface area (Å²) in [6.07, 6.45) is 5.75. The third kappa shape index (κ3) is 4.67. The molecule has 1 amide bonds. The minimum Gasteiger partial charge on any atom is -0.342 e. The van der Waals surface area contributed by atoms with Gasteiger partial charge in [0, 0.05) is 45.8 Å². The van der Waals surface area contributed by atoms with Crippen LogP contribution >= 0.6 is 0 Å². The molecule has 0 bridgehead atoms. The van der Waals surface area contributed by atoms with Gasteiger partial charge in [0.25, 0.3) is 0 Å². The van der Waals surface area contributed by atoms with E-state index in [1.165, 1.54) is 0 Å². The third-order valence-electron chi connectivity index (χ3n) is 5.79. The van der Waals surface area contributed by atoms with Gasteiger partial charge < -0.3 is 15.1 Å². The Morgan fingerprint density at radius 2 is 1.97 bits per heavy atom. The third-order valence-corrected chi connectivity index (χ3v) is 5.79. The molecule has 0 saturated carbocycles. The average Bonchev–Trinajstić information content (AvgIpc) is 3.29. The number of aryl methyl sites for hydroxylation is 1. The second-order valence-electron chi connectivity index (χ2n) is 8.01. The van der Waals surface area contributed by atoms with Gasteiger partial charge in [-0.1, -0.05) is 0 Å². The van der Waals surface area contributed by atoms with E-state index in [1.807, 2.05) is 31.2 Å². The number of nitriles is 1. The lowest BCUT2D eigenvalue weighted by Gasteiger charge is -2.31. The number of amides is 1. The number of nitrogens with zero attached hydrogens (tertiary/aromatic N) is 6. The van der Waals surface area contributed by atoms with Crippen molar-refractivity contribution in [3.8, 4) is 6.07 Å². The number of hydrogen-bond acceptors (Lipinski definition) is 7. The maximum Gasteiger partial charge on any atom is 0.236 e. The quantitative estimate of drug-likeness (QED) is 0.811. The molecule has 1 N–H and O–H groups in total. The Morgan fingerprint density at radius 1 is 1.20 bits per heavy atom. The Bertz CT molecular complexity index is 947. The molecule has 4 heterocycles. The van der Waals surface area contributed by atoms with Crippen LogP contribution in [0, 0.1) is 18.3 Å². The first-order valence-electron chi connectivity index (χ1n) is 10.6. The second-order valence-corrected chi connectivity index (χ2v) is 8.01. The smallest absolute Gasteiger partial charge is 0.236 e. The van der Waals surface area contributed by atoms with Crippen molar-refractivity contribution in [2.24, 2.45) is 0 Å². The highest BCUT2D eigenvalue weighted by Crippen LogP contribution is 2.31. The van der Waals surface area contributed by atoms with Crippen molar-refractivity contribution in [3.63, 3.8) is 0 Å². The normalized spacial score (nSPS) is 17.1. The van der Waals surface area contributed by atoms with Crippen LogP contribution in [0.25, 0.3) is 0 Å². The number of aromatic nitrogens is 3. The SMILES string of the molecule is Cc1ccnc(Nc2cc(C3CCN(C(=O)CC#N)CC3)nc(N3CCCC3)n2)c1.[HH]. The molecule has 0 spiro atoms. The van der Waals surface area contributed by atoms with Crippen LogP contribution in [0.3, 0.4) is 0 Å². The highest BCUT2D eigenvalue weighted by molar-refractivity contribution is 5.78. The van der Waals surface area contributed by atoms with Crippen LogP contribution in [-0.4, -0.2) is 51.9 Å². The first-order chi connectivity index (χ1) is 14.6. The van der Waals surface area contributed by atoms with Crippen LogP contribution < -0.4 is 10.2 Å². The fourth-order valence-corrected chi connectivity index (χ4v) is 4.12. The van der Waals surface area contributed by atoms with Crippen LogP contribution in [0.1, 0.15) is 50.7 Å². The molecule has 158 valence electrons. The summed E-state index contributed by atoms with van der Waals surface area (Å²) in [4.78, 5) is 30.1. The molecule has 30 heavy (non-hydrogen) atoms. The Kier molecular flexibility index (Phi) is 6.07. The number of rotatable bonds is 5. The van der Waals surface area contributed by atoms with E-state index >= 15 is 0 Å². The van der Waals surface area contributed by atoms with Crippen molar-refractivity contribution in [1.82, 2.24) is 19.9 Å². The van der Waals surface area contributed by atoms with E-state index in [4.69, 9.17) is 15.2 Å². The molecule has 0 aromatic carbocycles. The number of likely N-dealkylation sites (tertiary alicyclic amines) is 1. The molecule has 0 unspecified atom stereocenters. The van der Waals surface area contributed by atoms with E-state index in [0.717, 1.165) is 67.6 Å². The first kappa shape index (κ1) is 20.1. The summed E-state index contributed by atoms with van der Waals surface area (Å²) in [7, 11) is 0. The van der Waals surface area contributed by atoms with Crippen LogP contribution in [-0.2, 0) is 4.79 Å². The summed E-state index contributed by atoms with van der Waals surface area (Å²) in [6, 6.07) is 7.93. The summed E-state index contributed by atoms with van der Waals surface area (Å²) in [5.41, 5.74) is 2.14. The Balaban J connectivity index is 0.00000272. The number of piperidine rings is 1. The molecular weight excluding hydrogens is 378 g/mol. The molecule has 0 atom stereocenters. The number of hydrogen-bond donors (Lipinski definition) is 1. The standard InChI is InChI=1S/C22H27N7O.H2/c1-16-5-9-24-19(14-16)26-20-15-18(25-22(27-20)29-10-2-3-11-29)17-6-12-28(13-7-17)21(30)4-8-23;/h5,9,14-15,17H,2-4,6-7,10-13H2,1H3,(H,24,25,26,27);1H. The first-order valence-corrected chi connectivity index (χ1v) is 10.6. The van der Waals surface area contributed by atoms with Crippen molar-refractivity contribution >= 4 is 23.5 Å². The zero-order valence-corrected chi connectivity index (χ0v) is 17.3. The van der Waals surface area contributed by atoms with E-state index in [1.54, 1.807) is 11.1 Å². The summed E-state index contributed by atoms with van der Waals surface area (Å²) in [6.45, 7) is 5.32. The molecule has 0 aliphatic carbocycles. The van der Waals surface area contributed by atoms with E-state index in [0.29, 0.717) is 13.1 Å². The molecule has 2 aliphatic heterocycles. The molecule has 8 heteroatoms. The van der Waals surface area contributed by atoms with Crippen LogP contribution in [0.2, 0.25) is 0 Å². The van der Waals surface area contributed by atoms with Gasteiger partial charge in [0.05, 0.1) is 11.8 Å². The van der Waals surface area contributed by atoms with Crippen LogP contribution in [0.4, 0.5) is 17.6 Å². The molecule has 0 radical (unpaired) electrons. The lowest BCUT2D eigenvalue weighted by molar-refractivity contribution is -0.131. The van der Waals surface area contributed by atoms with Crippen LogP contribution in [0.15, 0.2) is 24.4 Å². The number of carbonyl (C=O) groups is 1. The molecular formula is C22H29N7O. The molecule has 2 aromatic heterocycles. The van der Waals surface area contributed by atoms with Crippen molar-refractivity contribution in [1.29, 1.82) is 5.26 Å². The van der Waals surface area contributed by atoms with Crippen molar-refractivity contribution in [2.75, 3.05) is 36.4 Å². The number of nitrogens with one attached hydrogen (secondary N) is 1. The van der Waals surface area contributed by atoms with E-state index in [2.05, 4.69) is 15.2 Å². The van der Waals surface area contributed by atoms with E-state index in [-0.39, 0.29) is 19.7 Å². The van der Waals surface area contributed by atoms with Gasteiger partial charge in [-0.15, -0.1) is 0 Å². The number of anilines is 3. The molecule has 8 nitrogen and oxygen atoms in total. The summed E-state index contributed by atoms with van der Waals surface area (Å²) >= 11 is 0. The predicted molar refractivity (Wildman–Crippen MR) is 117 cm³/mol. The fourth-order valence-electron chi connectivity index (χ4n) is 4.12. The Labute approximate surface area is 178 Å². The molecule has 2 fully saturated rings. The van der Waals surface area contributed by atoms with Crippen molar-refractivity contribution < 1.29 is 6.22 Å². The lowest BCUT2D eigenvalue weighted by atomic mass is 9.93. The summed E-state index contributed by atoms with van der Waals surface area (Å²) in [5.74, 6) is 2.48. The van der Waals surface area contributed by atoms with E-state index in [9.17, 15) is 4.79 Å². The maximum atomic E-state index is 12.0. The zero-order chi connectivity index (χ0) is 20.9.